The van der Waals surface area contributed by atoms with Crippen molar-refractivity contribution in [2.24, 2.45) is 0 Å². The minimum absolute atomic E-state index is 0.905. The van der Waals surface area contributed by atoms with Crippen molar-refractivity contribution < 1.29 is 4.74 Å². The maximum Gasteiger partial charge on any atom is 0.126 e. The number of rotatable bonds is 2. The molecule has 1 heteroatoms. The standard InChI is InChI=1S/C11H14O/c1-8(2)11-9(3)6-5-7-10(11)12-4/h5-7H,1H2,2-4H3. The molecule has 12 heavy (non-hydrogen) atoms. The fourth-order valence-electron chi connectivity index (χ4n) is 1.36. The van der Waals surface area contributed by atoms with E-state index >= 15 is 0 Å². The van der Waals surface area contributed by atoms with Gasteiger partial charge in [0.2, 0.25) is 0 Å². The van der Waals surface area contributed by atoms with Gasteiger partial charge < -0.3 is 4.74 Å². The van der Waals surface area contributed by atoms with Gasteiger partial charge in [-0.3, -0.25) is 0 Å². The lowest BCUT2D eigenvalue weighted by atomic mass is 10.0. The van der Waals surface area contributed by atoms with Crippen LogP contribution in [0.1, 0.15) is 18.1 Å². The molecule has 0 aliphatic heterocycles. The highest BCUT2D eigenvalue weighted by molar-refractivity contribution is 5.69. The van der Waals surface area contributed by atoms with Crippen molar-refractivity contribution in [3.63, 3.8) is 0 Å². The molecule has 0 fully saturated rings. The Balaban J connectivity index is 3.29. The third kappa shape index (κ3) is 1.50. The van der Waals surface area contributed by atoms with E-state index < -0.39 is 0 Å². The Kier molecular flexibility index (Phi) is 2.54. The van der Waals surface area contributed by atoms with Crippen LogP contribution in [0.4, 0.5) is 0 Å². The Bertz CT molecular complexity index is 300. The van der Waals surface area contributed by atoms with Crippen molar-refractivity contribution >= 4 is 5.57 Å². The van der Waals surface area contributed by atoms with Crippen LogP contribution in [0, 0.1) is 6.92 Å². The summed E-state index contributed by atoms with van der Waals surface area (Å²) in [5, 5.41) is 0. The molecule has 1 aromatic rings. The summed E-state index contributed by atoms with van der Waals surface area (Å²) in [4.78, 5) is 0. The molecular formula is C11H14O. The van der Waals surface area contributed by atoms with Crippen molar-refractivity contribution in [1.82, 2.24) is 0 Å². The van der Waals surface area contributed by atoms with Crippen molar-refractivity contribution in [1.29, 1.82) is 0 Å². The lowest BCUT2D eigenvalue weighted by Gasteiger charge is -2.10. The molecule has 0 aliphatic rings. The van der Waals surface area contributed by atoms with Gasteiger partial charge in [0.25, 0.3) is 0 Å². The maximum atomic E-state index is 5.23. The monoisotopic (exact) mass is 162 g/mol. The van der Waals surface area contributed by atoms with Gasteiger partial charge in [0.1, 0.15) is 5.75 Å². The summed E-state index contributed by atoms with van der Waals surface area (Å²) >= 11 is 0. The minimum atomic E-state index is 0.905. The van der Waals surface area contributed by atoms with E-state index in [1.165, 1.54) is 5.56 Å². The zero-order valence-corrected chi connectivity index (χ0v) is 7.85. The number of aryl methyl sites for hydroxylation is 1. The van der Waals surface area contributed by atoms with Crippen LogP contribution < -0.4 is 4.74 Å². The normalized spacial score (nSPS) is 9.58. The van der Waals surface area contributed by atoms with E-state index in [-0.39, 0.29) is 0 Å². The van der Waals surface area contributed by atoms with E-state index in [0.29, 0.717) is 0 Å². The smallest absolute Gasteiger partial charge is 0.126 e. The van der Waals surface area contributed by atoms with Crippen LogP contribution in [0.25, 0.3) is 5.57 Å². The van der Waals surface area contributed by atoms with Gasteiger partial charge in [-0.25, -0.2) is 0 Å². The Morgan fingerprint density at radius 2 is 2.08 bits per heavy atom. The highest BCUT2D eigenvalue weighted by Crippen LogP contribution is 2.27. The molecule has 0 heterocycles. The van der Waals surface area contributed by atoms with Crippen LogP contribution in [0.15, 0.2) is 24.8 Å². The fourth-order valence-corrected chi connectivity index (χ4v) is 1.36. The Morgan fingerprint density at radius 1 is 1.42 bits per heavy atom. The molecule has 1 aromatic carbocycles. The Hall–Kier alpha value is -1.24. The van der Waals surface area contributed by atoms with Crippen molar-refractivity contribution in [2.45, 2.75) is 13.8 Å². The van der Waals surface area contributed by atoms with E-state index in [1.807, 2.05) is 19.1 Å². The average Bonchev–Trinajstić information content (AvgIpc) is 2.03. The molecule has 0 saturated heterocycles. The first-order chi connectivity index (χ1) is 5.66. The Labute approximate surface area is 73.7 Å². The summed E-state index contributed by atoms with van der Waals surface area (Å²) < 4.78 is 5.23. The molecule has 0 amide bonds. The largest absolute Gasteiger partial charge is 0.496 e. The lowest BCUT2D eigenvalue weighted by Crippen LogP contribution is -1.91. The van der Waals surface area contributed by atoms with Gasteiger partial charge in [0, 0.05) is 5.56 Å². The van der Waals surface area contributed by atoms with Crippen molar-refractivity contribution in [3.8, 4) is 5.75 Å². The van der Waals surface area contributed by atoms with Gasteiger partial charge in [0.05, 0.1) is 7.11 Å². The third-order valence-electron chi connectivity index (χ3n) is 1.88. The van der Waals surface area contributed by atoms with E-state index in [0.717, 1.165) is 16.9 Å². The number of allylic oxidation sites excluding steroid dienone is 1. The lowest BCUT2D eigenvalue weighted by molar-refractivity contribution is 0.413. The summed E-state index contributed by atoms with van der Waals surface area (Å²) in [6.45, 7) is 7.97. The van der Waals surface area contributed by atoms with E-state index in [9.17, 15) is 0 Å². The quantitative estimate of drug-likeness (QED) is 0.649. The van der Waals surface area contributed by atoms with Gasteiger partial charge in [0.15, 0.2) is 0 Å². The molecule has 0 atom stereocenters. The topological polar surface area (TPSA) is 9.23 Å². The molecule has 0 saturated carbocycles. The minimum Gasteiger partial charge on any atom is -0.496 e. The zero-order valence-electron chi connectivity index (χ0n) is 7.85. The molecule has 0 aromatic heterocycles. The number of methoxy groups -OCH3 is 1. The molecule has 0 spiro atoms. The maximum absolute atomic E-state index is 5.23. The summed E-state index contributed by atoms with van der Waals surface area (Å²) in [7, 11) is 1.68. The molecule has 0 aliphatic carbocycles. The van der Waals surface area contributed by atoms with Crippen LogP contribution >= 0.6 is 0 Å². The second kappa shape index (κ2) is 3.44. The molecule has 0 N–H and O–H groups in total. The SMILES string of the molecule is C=C(C)c1c(C)cccc1OC. The van der Waals surface area contributed by atoms with Crippen LogP contribution in [-0.2, 0) is 0 Å². The fraction of sp³-hybridized carbons (Fsp3) is 0.273. The van der Waals surface area contributed by atoms with Crippen LogP contribution in [0.2, 0.25) is 0 Å². The third-order valence-corrected chi connectivity index (χ3v) is 1.88. The molecule has 1 rings (SSSR count). The van der Waals surface area contributed by atoms with Crippen LogP contribution in [-0.4, -0.2) is 7.11 Å². The summed E-state index contributed by atoms with van der Waals surface area (Å²) in [6.07, 6.45) is 0. The van der Waals surface area contributed by atoms with Crippen molar-refractivity contribution in [3.05, 3.63) is 35.9 Å². The van der Waals surface area contributed by atoms with Gasteiger partial charge in [-0.05, 0) is 31.1 Å². The molecular weight excluding hydrogens is 148 g/mol. The summed E-state index contributed by atoms with van der Waals surface area (Å²) in [5.41, 5.74) is 3.38. The van der Waals surface area contributed by atoms with E-state index in [2.05, 4.69) is 19.6 Å². The molecule has 1 nitrogen and oxygen atoms in total. The van der Waals surface area contributed by atoms with E-state index in [1.54, 1.807) is 7.11 Å². The first-order valence-electron chi connectivity index (χ1n) is 3.96. The van der Waals surface area contributed by atoms with Crippen LogP contribution in [0.3, 0.4) is 0 Å². The highest BCUT2D eigenvalue weighted by atomic mass is 16.5. The first-order valence-corrected chi connectivity index (χ1v) is 3.96. The molecule has 0 radical (unpaired) electrons. The number of benzene rings is 1. The first kappa shape index (κ1) is 8.85. The molecule has 0 unspecified atom stereocenters. The second-order valence-electron chi connectivity index (χ2n) is 2.93. The molecule has 0 bridgehead atoms. The van der Waals surface area contributed by atoms with Gasteiger partial charge in [-0.15, -0.1) is 0 Å². The van der Waals surface area contributed by atoms with Gasteiger partial charge in [-0.2, -0.15) is 0 Å². The van der Waals surface area contributed by atoms with Gasteiger partial charge in [-0.1, -0.05) is 18.7 Å². The summed E-state index contributed by atoms with van der Waals surface area (Å²) in [6, 6.07) is 6.00. The van der Waals surface area contributed by atoms with Crippen molar-refractivity contribution in [2.75, 3.05) is 7.11 Å². The highest BCUT2D eigenvalue weighted by Gasteiger charge is 2.04. The number of ether oxygens (including phenoxy) is 1. The zero-order chi connectivity index (χ0) is 9.14. The predicted molar refractivity (Wildman–Crippen MR) is 52.4 cm³/mol. The second-order valence-corrected chi connectivity index (χ2v) is 2.93. The number of hydrogen-bond donors (Lipinski definition) is 0. The Morgan fingerprint density at radius 3 is 2.50 bits per heavy atom. The average molecular weight is 162 g/mol. The predicted octanol–water partition coefficient (Wildman–Crippen LogP) is 3.04. The number of hydrogen-bond acceptors (Lipinski definition) is 1. The van der Waals surface area contributed by atoms with E-state index in [4.69, 9.17) is 4.74 Å². The molecule has 64 valence electrons. The van der Waals surface area contributed by atoms with Crippen LogP contribution in [0.5, 0.6) is 5.75 Å². The summed E-state index contributed by atoms with van der Waals surface area (Å²) in [5.74, 6) is 0.905. The van der Waals surface area contributed by atoms with Gasteiger partial charge >= 0.3 is 0 Å².